The maximum Gasteiger partial charge on any atom is 0.278 e. The second-order valence-corrected chi connectivity index (χ2v) is 8.97. The first-order valence-electron chi connectivity index (χ1n) is 11.1. The Morgan fingerprint density at radius 2 is 1.97 bits per heavy atom. The van der Waals surface area contributed by atoms with E-state index in [0.29, 0.717) is 23.3 Å². The molecule has 0 unspecified atom stereocenters. The van der Waals surface area contributed by atoms with Crippen molar-refractivity contribution < 1.29 is 9.53 Å². The number of amides is 1. The third-order valence-electron chi connectivity index (χ3n) is 5.53. The van der Waals surface area contributed by atoms with E-state index < -0.39 is 0 Å². The van der Waals surface area contributed by atoms with Crippen molar-refractivity contribution in [2.24, 2.45) is 0 Å². The molecule has 0 aliphatic carbocycles. The van der Waals surface area contributed by atoms with Crippen LogP contribution in [0.4, 0.5) is 5.95 Å². The Bertz CT molecular complexity index is 1280. The van der Waals surface area contributed by atoms with Gasteiger partial charge in [0.05, 0.1) is 16.1 Å². The molecule has 0 aliphatic heterocycles. The lowest BCUT2D eigenvalue weighted by Gasteiger charge is -2.19. The number of ether oxygens (including phenoxy) is 1. The van der Waals surface area contributed by atoms with Gasteiger partial charge in [0.2, 0.25) is 5.95 Å². The summed E-state index contributed by atoms with van der Waals surface area (Å²) in [4.78, 5) is 19.9. The third kappa shape index (κ3) is 5.60. The van der Waals surface area contributed by atoms with Crippen LogP contribution in [0.5, 0.6) is 5.75 Å². The van der Waals surface area contributed by atoms with Gasteiger partial charge in [-0.25, -0.2) is 9.67 Å². The van der Waals surface area contributed by atoms with Gasteiger partial charge in [-0.3, -0.25) is 10.1 Å². The molecule has 178 valence electrons. The molecule has 0 spiro atoms. The lowest BCUT2D eigenvalue weighted by Crippen LogP contribution is -2.27. The zero-order valence-corrected chi connectivity index (χ0v) is 21.4. The van der Waals surface area contributed by atoms with Crippen LogP contribution in [0, 0.1) is 0 Å². The number of likely N-dealkylation sites (N-methyl/N-ethyl adjacent to an activating group) is 1. The zero-order valence-electron chi connectivity index (χ0n) is 19.0. The van der Waals surface area contributed by atoms with Crippen molar-refractivity contribution in [1.82, 2.24) is 24.2 Å². The minimum Gasteiger partial charge on any atom is -0.470 e. The van der Waals surface area contributed by atoms with E-state index in [4.69, 9.17) is 16.3 Å². The van der Waals surface area contributed by atoms with Crippen molar-refractivity contribution in [1.29, 1.82) is 0 Å². The van der Waals surface area contributed by atoms with E-state index in [9.17, 15) is 4.79 Å². The molecule has 4 aromatic rings. The maximum absolute atomic E-state index is 13.0. The maximum atomic E-state index is 13.0. The third-order valence-corrected chi connectivity index (χ3v) is 6.32. The van der Waals surface area contributed by atoms with Gasteiger partial charge in [0, 0.05) is 23.8 Å². The number of carbonyl (C=O) groups excluding carboxylic acids is 1. The van der Waals surface area contributed by atoms with E-state index in [1.165, 1.54) is 4.68 Å². The minimum atomic E-state index is -0.334. The topological polar surface area (TPSA) is 77.2 Å². The first-order chi connectivity index (χ1) is 16.5. The summed E-state index contributed by atoms with van der Waals surface area (Å²) in [6.07, 6.45) is 1.69. The summed E-state index contributed by atoms with van der Waals surface area (Å²) in [6, 6.07) is 14.9. The second-order valence-electron chi connectivity index (χ2n) is 7.65. The number of rotatable bonds is 10. The number of benzene rings is 2. The Balaban J connectivity index is 1.47. The molecule has 0 saturated heterocycles. The molecule has 0 bridgehead atoms. The van der Waals surface area contributed by atoms with Crippen LogP contribution in [0.2, 0.25) is 5.02 Å². The van der Waals surface area contributed by atoms with Gasteiger partial charge in [0.25, 0.3) is 5.91 Å². The van der Waals surface area contributed by atoms with Crippen molar-refractivity contribution in [3.05, 3.63) is 69.9 Å². The number of nitrogens with zero attached hydrogens (tertiary/aromatic N) is 5. The summed E-state index contributed by atoms with van der Waals surface area (Å²) in [5.74, 6) is 0.707. The van der Waals surface area contributed by atoms with Crippen molar-refractivity contribution in [2.75, 3.05) is 25.0 Å². The fourth-order valence-corrected chi connectivity index (χ4v) is 4.35. The number of para-hydroxylation sites is 2. The molecule has 0 aliphatic rings. The van der Waals surface area contributed by atoms with E-state index in [2.05, 4.69) is 50.1 Å². The van der Waals surface area contributed by atoms with Gasteiger partial charge in [-0.1, -0.05) is 53.5 Å². The number of nitrogens with one attached hydrogen (secondary N) is 1. The number of halogens is 2. The molecule has 1 N–H and O–H groups in total. The van der Waals surface area contributed by atoms with Gasteiger partial charge in [0.15, 0.2) is 12.4 Å². The van der Waals surface area contributed by atoms with Gasteiger partial charge < -0.3 is 14.2 Å². The standard InChI is InChI=1S/C24H26BrClN6O2/c1-3-30(4-2)13-14-32-21-8-6-5-7-19(21)27-24(32)28-23(33)20-11-12-31(29-20)16-34-22-10-9-17(25)15-18(22)26/h5-12,15H,3-4,13-14,16H2,1-2H3,(H,27,28,33). The van der Waals surface area contributed by atoms with Gasteiger partial charge in [-0.2, -0.15) is 5.10 Å². The van der Waals surface area contributed by atoms with E-state index in [1.807, 2.05) is 34.9 Å². The summed E-state index contributed by atoms with van der Waals surface area (Å²) in [5.41, 5.74) is 2.09. The van der Waals surface area contributed by atoms with Gasteiger partial charge in [-0.15, -0.1) is 0 Å². The molecular weight excluding hydrogens is 520 g/mol. The molecule has 2 aromatic carbocycles. The predicted molar refractivity (Wildman–Crippen MR) is 137 cm³/mol. The average molecular weight is 546 g/mol. The monoisotopic (exact) mass is 544 g/mol. The highest BCUT2D eigenvalue weighted by atomic mass is 79.9. The fourth-order valence-electron chi connectivity index (χ4n) is 3.63. The van der Waals surface area contributed by atoms with Crippen LogP contribution in [-0.4, -0.2) is 49.8 Å². The first kappa shape index (κ1) is 24.3. The lowest BCUT2D eigenvalue weighted by atomic mass is 10.3. The smallest absolute Gasteiger partial charge is 0.278 e. The number of imidazole rings is 1. The van der Waals surface area contributed by atoms with Crippen LogP contribution in [0.3, 0.4) is 0 Å². The van der Waals surface area contributed by atoms with Crippen molar-refractivity contribution in [2.45, 2.75) is 27.1 Å². The summed E-state index contributed by atoms with van der Waals surface area (Å²) in [5, 5.41) is 7.75. The molecule has 10 heteroatoms. The molecule has 4 rings (SSSR count). The first-order valence-corrected chi connectivity index (χ1v) is 12.3. The summed E-state index contributed by atoms with van der Waals surface area (Å²) in [7, 11) is 0. The Hall–Kier alpha value is -2.88. The van der Waals surface area contributed by atoms with Gasteiger partial charge in [0.1, 0.15) is 5.75 Å². The summed E-state index contributed by atoms with van der Waals surface area (Å²) < 4.78 is 10.2. The molecule has 8 nitrogen and oxygen atoms in total. The lowest BCUT2D eigenvalue weighted by molar-refractivity contribution is 0.101. The number of aromatic nitrogens is 4. The number of carbonyl (C=O) groups is 1. The molecule has 2 heterocycles. The van der Waals surface area contributed by atoms with Gasteiger partial charge in [-0.05, 0) is 49.5 Å². The Morgan fingerprint density at radius 1 is 1.18 bits per heavy atom. The molecule has 0 radical (unpaired) electrons. The molecular formula is C24H26BrClN6O2. The quantitative estimate of drug-likeness (QED) is 0.293. The van der Waals surface area contributed by atoms with Gasteiger partial charge >= 0.3 is 0 Å². The largest absolute Gasteiger partial charge is 0.470 e. The number of hydrogen-bond acceptors (Lipinski definition) is 5. The van der Waals surface area contributed by atoms with Crippen LogP contribution in [0.1, 0.15) is 24.3 Å². The summed E-state index contributed by atoms with van der Waals surface area (Å²) >= 11 is 9.56. The number of fused-ring (bicyclic) bond motifs is 1. The Labute approximate surface area is 211 Å². The zero-order chi connectivity index (χ0) is 24.1. The van der Waals surface area contributed by atoms with E-state index in [1.54, 1.807) is 24.4 Å². The summed E-state index contributed by atoms with van der Waals surface area (Å²) in [6.45, 7) is 7.92. The normalized spacial score (nSPS) is 11.3. The minimum absolute atomic E-state index is 0.122. The highest BCUT2D eigenvalue weighted by Crippen LogP contribution is 2.28. The number of anilines is 1. The highest BCUT2D eigenvalue weighted by molar-refractivity contribution is 9.10. The van der Waals surface area contributed by atoms with Crippen LogP contribution >= 0.6 is 27.5 Å². The Morgan fingerprint density at radius 3 is 2.74 bits per heavy atom. The van der Waals surface area contributed by atoms with Crippen LogP contribution in [-0.2, 0) is 13.3 Å². The van der Waals surface area contributed by atoms with Crippen molar-refractivity contribution >= 4 is 50.4 Å². The molecule has 0 atom stereocenters. The second kappa shape index (κ2) is 11.0. The van der Waals surface area contributed by atoms with Crippen molar-refractivity contribution in [3.63, 3.8) is 0 Å². The van der Waals surface area contributed by atoms with E-state index in [-0.39, 0.29) is 18.3 Å². The van der Waals surface area contributed by atoms with Crippen LogP contribution < -0.4 is 10.1 Å². The van der Waals surface area contributed by atoms with E-state index >= 15 is 0 Å². The average Bonchev–Trinajstić information content (AvgIpc) is 3.44. The van der Waals surface area contributed by atoms with E-state index in [0.717, 1.165) is 35.1 Å². The molecule has 0 fully saturated rings. The Kier molecular flexibility index (Phi) is 7.87. The highest BCUT2D eigenvalue weighted by Gasteiger charge is 2.17. The van der Waals surface area contributed by atoms with Crippen molar-refractivity contribution in [3.8, 4) is 5.75 Å². The van der Waals surface area contributed by atoms with Crippen LogP contribution in [0.25, 0.3) is 11.0 Å². The SMILES string of the molecule is CCN(CC)CCn1c(NC(=O)c2ccn(COc3ccc(Br)cc3Cl)n2)nc2ccccc21. The fraction of sp³-hybridized carbons (Fsp3) is 0.292. The number of hydrogen-bond donors (Lipinski definition) is 1. The molecule has 1 amide bonds. The van der Waals surface area contributed by atoms with Crippen LogP contribution in [0.15, 0.2) is 59.2 Å². The predicted octanol–water partition coefficient (Wildman–Crippen LogP) is 5.28. The molecule has 34 heavy (non-hydrogen) atoms. The molecule has 0 saturated carbocycles. The molecule has 2 aromatic heterocycles.